The molecule has 0 aliphatic heterocycles. The Hall–Kier alpha value is -3.08. The zero-order valence-corrected chi connectivity index (χ0v) is 15.3. The van der Waals surface area contributed by atoms with Gasteiger partial charge in [0.1, 0.15) is 5.75 Å². The molecule has 0 aliphatic rings. The maximum Gasteiger partial charge on any atom is 0.258 e. The smallest absolute Gasteiger partial charge is 0.258 e. The third-order valence-corrected chi connectivity index (χ3v) is 4.28. The maximum absolute atomic E-state index is 12.2. The van der Waals surface area contributed by atoms with E-state index >= 15 is 0 Å². The van der Waals surface area contributed by atoms with Gasteiger partial charge < -0.3 is 14.6 Å². The van der Waals surface area contributed by atoms with E-state index in [1.54, 1.807) is 12.5 Å². The lowest BCUT2D eigenvalue weighted by Gasteiger charge is -2.16. The molecule has 134 valence electrons. The predicted octanol–water partition coefficient (Wildman–Crippen LogP) is 3.75. The van der Waals surface area contributed by atoms with Gasteiger partial charge in [0, 0.05) is 18.1 Å². The van der Waals surface area contributed by atoms with Crippen LogP contribution in [0.4, 0.5) is 0 Å². The molecule has 1 amide bonds. The Morgan fingerprint density at radius 1 is 1.19 bits per heavy atom. The summed E-state index contributed by atoms with van der Waals surface area (Å²) in [6, 6.07) is 13.9. The van der Waals surface area contributed by atoms with Gasteiger partial charge in [-0.25, -0.2) is 4.98 Å². The first kappa shape index (κ1) is 17.7. The molecule has 0 spiro atoms. The number of carbonyl (C=O) groups excluding carboxylic acids is 1. The van der Waals surface area contributed by atoms with E-state index in [1.165, 1.54) is 0 Å². The van der Waals surface area contributed by atoms with Crippen LogP contribution in [0.2, 0.25) is 0 Å². The van der Waals surface area contributed by atoms with Gasteiger partial charge in [0.15, 0.2) is 6.61 Å². The van der Waals surface area contributed by atoms with Crippen molar-refractivity contribution in [2.45, 2.75) is 26.8 Å². The van der Waals surface area contributed by atoms with Gasteiger partial charge in [-0.3, -0.25) is 4.79 Å². The van der Waals surface area contributed by atoms with E-state index in [9.17, 15) is 4.79 Å². The zero-order valence-electron chi connectivity index (χ0n) is 15.3. The van der Waals surface area contributed by atoms with Crippen molar-refractivity contribution in [3.05, 3.63) is 77.9 Å². The molecule has 3 aromatic rings. The van der Waals surface area contributed by atoms with E-state index in [4.69, 9.17) is 4.74 Å². The number of rotatable bonds is 6. The molecule has 1 heterocycles. The van der Waals surface area contributed by atoms with Gasteiger partial charge >= 0.3 is 0 Å². The average Bonchev–Trinajstić information content (AvgIpc) is 3.17. The van der Waals surface area contributed by atoms with E-state index in [1.807, 2.05) is 74.0 Å². The summed E-state index contributed by atoms with van der Waals surface area (Å²) in [7, 11) is 0. The highest BCUT2D eigenvalue weighted by Gasteiger charge is 2.11. The fraction of sp³-hybridized carbons (Fsp3) is 0.238. The number of imidazole rings is 1. The van der Waals surface area contributed by atoms with Crippen LogP contribution < -0.4 is 10.1 Å². The summed E-state index contributed by atoms with van der Waals surface area (Å²) < 4.78 is 7.60. The standard InChI is InChI=1S/C21H23N3O2/c1-15-4-5-16(2)20(12-15)26-13-21(25)23-17(3)18-6-8-19(9-7-18)24-11-10-22-14-24/h4-12,14,17H,13H2,1-3H3,(H,23,25). The summed E-state index contributed by atoms with van der Waals surface area (Å²) >= 11 is 0. The number of benzene rings is 2. The van der Waals surface area contributed by atoms with Crippen molar-refractivity contribution >= 4 is 5.91 Å². The van der Waals surface area contributed by atoms with Gasteiger partial charge in [-0.15, -0.1) is 0 Å². The number of ether oxygens (including phenoxy) is 1. The number of aromatic nitrogens is 2. The molecule has 0 saturated heterocycles. The minimum Gasteiger partial charge on any atom is -0.483 e. The monoisotopic (exact) mass is 349 g/mol. The number of nitrogens with one attached hydrogen (secondary N) is 1. The van der Waals surface area contributed by atoms with Crippen molar-refractivity contribution in [3.8, 4) is 11.4 Å². The molecule has 0 fully saturated rings. The fourth-order valence-corrected chi connectivity index (χ4v) is 2.72. The molecule has 0 saturated carbocycles. The minimum absolute atomic E-state index is 0.00174. The number of aryl methyl sites for hydroxylation is 2. The van der Waals surface area contributed by atoms with E-state index in [2.05, 4.69) is 10.3 Å². The second kappa shape index (κ2) is 7.87. The number of hydrogen-bond donors (Lipinski definition) is 1. The highest BCUT2D eigenvalue weighted by Crippen LogP contribution is 2.19. The van der Waals surface area contributed by atoms with Crippen molar-refractivity contribution in [2.75, 3.05) is 6.61 Å². The first-order chi connectivity index (χ1) is 12.5. The van der Waals surface area contributed by atoms with Gasteiger partial charge in [0.2, 0.25) is 0 Å². The maximum atomic E-state index is 12.2. The molecule has 0 bridgehead atoms. The van der Waals surface area contributed by atoms with E-state index in [0.29, 0.717) is 0 Å². The van der Waals surface area contributed by atoms with Crippen molar-refractivity contribution < 1.29 is 9.53 Å². The summed E-state index contributed by atoms with van der Waals surface area (Å²) in [5.41, 5.74) is 4.20. The fourth-order valence-electron chi connectivity index (χ4n) is 2.72. The molecule has 26 heavy (non-hydrogen) atoms. The number of amides is 1. The first-order valence-corrected chi connectivity index (χ1v) is 8.60. The summed E-state index contributed by atoms with van der Waals surface area (Å²) in [4.78, 5) is 16.2. The Morgan fingerprint density at radius 2 is 1.96 bits per heavy atom. The highest BCUT2D eigenvalue weighted by molar-refractivity contribution is 5.78. The van der Waals surface area contributed by atoms with Crippen LogP contribution in [-0.2, 0) is 4.79 Å². The number of nitrogens with zero attached hydrogens (tertiary/aromatic N) is 2. The van der Waals surface area contributed by atoms with Crippen molar-refractivity contribution in [3.63, 3.8) is 0 Å². The van der Waals surface area contributed by atoms with Crippen LogP contribution in [0.15, 0.2) is 61.2 Å². The molecule has 1 N–H and O–H groups in total. The van der Waals surface area contributed by atoms with Crippen LogP contribution >= 0.6 is 0 Å². The third-order valence-electron chi connectivity index (χ3n) is 4.28. The Bertz CT molecular complexity index is 871. The molecule has 1 aromatic heterocycles. The van der Waals surface area contributed by atoms with Gasteiger partial charge in [0.05, 0.1) is 12.4 Å². The Balaban J connectivity index is 1.56. The van der Waals surface area contributed by atoms with Gasteiger partial charge in [-0.05, 0) is 55.7 Å². The molecule has 5 nitrogen and oxygen atoms in total. The van der Waals surface area contributed by atoms with E-state index < -0.39 is 0 Å². The van der Waals surface area contributed by atoms with Gasteiger partial charge in [0.25, 0.3) is 5.91 Å². The minimum atomic E-state index is -0.142. The molecule has 3 rings (SSSR count). The second-order valence-electron chi connectivity index (χ2n) is 6.41. The second-order valence-corrected chi connectivity index (χ2v) is 6.41. The summed E-state index contributed by atoms with van der Waals surface area (Å²) in [5.74, 6) is 0.606. The summed E-state index contributed by atoms with van der Waals surface area (Å²) in [6.07, 6.45) is 5.39. The molecular formula is C21H23N3O2. The molecule has 0 radical (unpaired) electrons. The lowest BCUT2D eigenvalue weighted by Crippen LogP contribution is -2.31. The number of hydrogen-bond acceptors (Lipinski definition) is 3. The average molecular weight is 349 g/mol. The predicted molar refractivity (Wildman–Crippen MR) is 102 cm³/mol. The molecule has 1 unspecified atom stereocenters. The SMILES string of the molecule is Cc1ccc(C)c(OCC(=O)NC(C)c2ccc(-n3ccnc3)cc2)c1. The quantitative estimate of drug-likeness (QED) is 0.737. The largest absolute Gasteiger partial charge is 0.483 e. The first-order valence-electron chi connectivity index (χ1n) is 8.60. The molecular weight excluding hydrogens is 326 g/mol. The topological polar surface area (TPSA) is 56.1 Å². The lowest BCUT2D eigenvalue weighted by atomic mass is 10.1. The van der Waals surface area contributed by atoms with E-state index in [0.717, 1.165) is 28.1 Å². The lowest BCUT2D eigenvalue weighted by molar-refractivity contribution is -0.123. The Labute approximate surface area is 153 Å². The summed E-state index contributed by atoms with van der Waals surface area (Å²) in [5, 5.41) is 2.97. The van der Waals surface area contributed by atoms with Gasteiger partial charge in [-0.2, -0.15) is 0 Å². The Kier molecular flexibility index (Phi) is 5.37. The van der Waals surface area contributed by atoms with Crippen molar-refractivity contribution in [1.82, 2.24) is 14.9 Å². The van der Waals surface area contributed by atoms with Crippen LogP contribution in [-0.4, -0.2) is 22.1 Å². The molecule has 5 heteroatoms. The molecule has 2 aromatic carbocycles. The van der Waals surface area contributed by atoms with Crippen LogP contribution in [0.1, 0.15) is 29.7 Å². The molecule has 1 atom stereocenters. The Morgan fingerprint density at radius 3 is 2.65 bits per heavy atom. The zero-order chi connectivity index (χ0) is 18.5. The van der Waals surface area contributed by atoms with E-state index in [-0.39, 0.29) is 18.6 Å². The van der Waals surface area contributed by atoms with Crippen LogP contribution in [0.5, 0.6) is 5.75 Å². The molecule has 0 aliphatic carbocycles. The van der Waals surface area contributed by atoms with Crippen LogP contribution in [0, 0.1) is 13.8 Å². The normalized spacial score (nSPS) is 11.8. The van der Waals surface area contributed by atoms with Gasteiger partial charge in [-0.1, -0.05) is 24.3 Å². The summed E-state index contributed by atoms with van der Waals surface area (Å²) in [6.45, 7) is 5.93. The van der Waals surface area contributed by atoms with Crippen molar-refractivity contribution in [2.24, 2.45) is 0 Å². The number of carbonyl (C=O) groups is 1. The van der Waals surface area contributed by atoms with Crippen LogP contribution in [0.3, 0.4) is 0 Å². The highest BCUT2D eigenvalue weighted by atomic mass is 16.5. The van der Waals surface area contributed by atoms with Crippen LogP contribution in [0.25, 0.3) is 5.69 Å². The third kappa shape index (κ3) is 4.30. The van der Waals surface area contributed by atoms with Crippen molar-refractivity contribution in [1.29, 1.82) is 0 Å².